The number of methoxy groups -OCH3 is 2. The molecule has 0 spiro atoms. The van der Waals surface area contributed by atoms with Gasteiger partial charge in [-0.15, -0.1) is 0 Å². The third kappa shape index (κ3) is 3.19. The fourth-order valence-electron chi connectivity index (χ4n) is 2.46. The lowest BCUT2D eigenvalue weighted by Gasteiger charge is -2.18. The minimum Gasteiger partial charge on any atom is -0.497 e. The highest BCUT2D eigenvalue weighted by Gasteiger charge is 2.33. The molecular formula is C16H18N2O4. The van der Waals surface area contributed by atoms with Gasteiger partial charge < -0.3 is 14.4 Å². The molecule has 0 saturated carbocycles. The topological polar surface area (TPSA) is 79.6 Å². The van der Waals surface area contributed by atoms with Gasteiger partial charge in [0, 0.05) is 24.7 Å². The summed E-state index contributed by atoms with van der Waals surface area (Å²) in [5, 5.41) is 9.26. The molecule has 1 heterocycles. The highest BCUT2D eigenvalue weighted by Crippen LogP contribution is 2.25. The summed E-state index contributed by atoms with van der Waals surface area (Å²) in [6, 6.07) is 6.47. The van der Waals surface area contributed by atoms with Gasteiger partial charge in [0.25, 0.3) is 0 Å². The molecular weight excluding hydrogens is 284 g/mol. The van der Waals surface area contributed by atoms with Gasteiger partial charge in [0.1, 0.15) is 11.5 Å². The van der Waals surface area contributed by atoms with Gasteiger partial charge in [0.2, 0.25) is 5.91 Å². The number of ketones is 1. The number of nitriles is 1. The highest BCUT2D eigenvalue weighted by molar-refractivity contribution is 6.12. The van der Waals surface area contributed by atoms with Gasteiger partial charge in [-0.3, -0.25) is 9.59 Å². The molecule has 1 atom stereocenters. The molecule has 1 aliphatic heterocycles. The number of ether oxygens (including phenoxy) is 2. The highest BCUT2D eigenvalue weighted by atomic mass is 16.5. The van der Waals surface area contributed by atoms with Crippen molar-refractivity contribution in [3.63, 3.8) is 0 Å². The van der Waals surface area contributed by atoms with Gasteiger partial charge >= 0.3 is 0 Å². The Morgan fingerprint density at radius 3 is 2.14 bits per heavy atom. The summed E-state index contributed by atoms with van der Waals surface area (Å²) in [6.07, 6.45) is 1.82. The molecule has 6 nitrogen and oxygen atoms in total. The third-order valence-corrected chi connectivity index (χ3v) is 3.69. The molecule has 0 bridgehead atoms. The van der Waals surface area contributed by atoms with Crippen molar-refractivity contribution in [2.24, 2.45) is 5.92 Å². The van der Waals surface area contributed by atoms with E-state index in [1.807, 2.05) is 6.07 Å². The summed E-state index contributed by atoms with van der Waals surface area (Å²) in [6.45, 7) is 1.21. The summed E-state index contributed by atoms with van der Waals surface area (Å²) in [7, 11) is 2.94. The molecule has 1 amide bonds. The first kappa shape index (κ1) is 15.8. The fourth-order valence-corrected chi connectivity index (χ4v) is 2.46. The first-order valence-electron chi connectivity index (χ1n) is 7.06. The van der Waals surface area contributed by atoms with Crippen molar-refractivity contribution in [1.29, 1.82) is 5.26 Å². The van der Waals surface area contributed by atoms with Crippen molar-refractivity contribution in [2.45, 2.75) is 12.8 Å². The molecule has 1 fully saturated rings. The van der Waals surface area contributed by atoms with Crippen LogP contribution in [-0.4, -0.2) is 43.9 Å². The van der Waals surface area contributed by atoms with Crippen molar-refractivity contribution >= 4 is 11.7 Å². The monoisotopic (exact) mass is 302 g/mol. The van der Waals surface area contributed by atoms with Crippen molar-refractivity contribution in [3.8, 4) is 17.6 Å². The summed E-state index contributed by atoms with van der Waals surface area (Å²) >= 11 is 0. The maximum Gasteiger partial charge on any atom is 0.247 e. The number of benzene rings is 1. The van der Waals surface area contributed by atoms with Crippen LogP contribution in [0, 0.1) is 17.2 Å². The maximum atomic E-state index is 12.5. The quantitative estimate of drug-likeness (QED) is 0.610. The maximum absolute atomic E-state index is 12.5. The van der Waals surface area contributed by atoms with Crippen LogP contribution in [0.2, 0.25) is 0 Å². The zero-order valence-electron chi connectivity index (χ0n) is 12.7. The second-order valence-corrected chi connectivity index (χ2v) is 5.06. The van der Waals surface area contributed by atoms with E-state index in [-0.39, 0.29) is 5.56 Å². The first-order chi connectivity index (χ1) is 10.6. The molecule has 1 unspecified atom stereocenters. The molecule has 2 rings (SSSR count). The summed E-state index contributed by atoms with van der Waals surface area (Å²) in [5.41, 5.74) is 0.232. The number of carbonyl (C=O) groups is 2. The smallest absolute Gasteiger partial charge is 0.247 e. The van der Waals surface area contributed by atoms with Gasteiger partial charge in [-0.25, -0.2) is 0 Å². The van der Waals surface area contributed by atoms with E-state index in [2.05, 4.69) is 0 Å². The minimum absolute atomic E-state index is 0.232. The summed E-state index contributed by atoms with van der Waals surface area (Å²) < 4.78 is 10.2. The lowest BCUT2D eigenvalue weighted by molar-refractivity contribution is -0.131. The van der Waals surface area contributed by atoms with Gasteiger partial charge in [0.05, 0.1) is 20.3 Å². The normalized spacial score (nSPS) is 15.0. The SMILES string of the molecule is COc1cc(OC)cc(C(=O)C(C#N)C(=O)N2CCCC2)c1. The van der Waals surface area contributed by atoms with Crippen LogP contribution in [0.25, 0.3) is 0 Å². The second kappa shape index (κ2) is 6.94. The van der Waals surface area contributed by atoms with Gasteiger partial charge in [-0.1, -0.05) is 0 Å². The number of hydrogen-bond donors (Lipinski definition) is 0. The van der Waals surface area contributed by atoms with Crippen LogP contribution in [-0.2, 0) is 4.79 Å². The lowest BCUT2D eigenvalue weighted by atomic mass is 9.97. The van der Waals surface area contributed by atoms with E-state index in [4.69, 9.17) is 9.47 Å². The predicted octanol–water partition coefficient (Wildman–Crippen LogP) is 1.65. The number of likely N-dealkylation sites (tertiary alicyclic amines) is 1. The first-order valence-corrected chi connectivity index (χ1v) is 7.06. The second-order valence-electron chi connectivity index (χ2n) is 5.06. The average molecular weight is 302 g/mol. The Hall–Kier alpha value is -2.55. The van der Waals surface area contributed by atoms with E-state index in [1.165, 1.54) is 26.4 Å². The number of carbonyl (C=O) groups excluding carboxylic acids is 2. The molecule has 1 aromatic carbocycles. The summed E-state index contributed by atoms with van der Waals surface area (Å²) in [4.78, 5) is 26.4. The van der Waals surface area contributed by atoms with Crippen molar-refractivity contribution in [3.05, 3.63) is 23.8 Å². The van der Waals surface area contributed by atoms with Crippen LogP contribution in [0.3, 0.4) is 0 Å². The Bertz CT molecular complexity index is 593. The zero-order chi connectivity index (χ0) is 16.1. The molecule has 1 aliphatic rings. The van der Waals surface area contributed by atoms with E-state index in [1.54, 1.807) is 11.0 Å². The lowest BCUT2D eigenvalue weighted by Crippen LogP contribution is -2.37. The Kier molecular flexibility index (Phi) is 4.99. The number of amides is 1. The van der Waals surface area contributed by atoms with Crippen molar-refractivity contribution < 1.29 is 19.1 Å². The fraction of sp³-hybridized carbons (Fsp3) is 0.438. The van der Waals surface area contributed by atoms with E-state index in [0.29, 0.717) is 24.6 Å². The molecule has 1 saturated heterocycles. The van der Waals surface area contributed by atoms with Gasteiger partial charge in [0.15, 0.2) is 11.7 Å². The molecule has 22 heavy (non-hydrogen) atoms. The van der Waals surface area contributed by atoms with Crippen LogP contribution in [0.5, 0.6) is 11.5 Å². The molecule has 6 heteroatoms. The number of rotatable bonds is 5. The number of nitrogens with zero attached hydrogens (tertiary/aromatic N) is 2. The Labute approximate surface area is 129 Å². The van der Waals surface area contributed by atoms with E-state index in [0.717, 1.165) is 12.8 Å². The van der Waals surface area contributed by atoms with E-state index in [9.17, 15) is 14.9 Å². The van der Waals surface area contributed by atoms with Crippen LogP contribution < -0.4 is 9.47 Å². The van der Waals surface area contributed by atoms with Crippen LogP contribution >= 0.6 is 0 Å². The zero-order valence-corrected chi connectivity index (χ0v) is 12.7. The molecule has 0 N–H and O–H groups in total. The Morgan fingerprint density at radius 1 is 1.14 bits per heavy atom. The number of Topliss-reactive ketones (excluding diaryl/α,β-unsaturated/α-hetero) is 1. The number of hydrogen-bond acceptors (Lipinski definition) is 5. The van der Waals surface area contributed by atoms with Crippen LogP contribution in [0.1, 0.15) is 23.2 Å². The molecule has 0 aromatic heterocycles. The van der Waals surface area contributed by atoms with E-state index >= 15 is 0 Å². The molecule has 0 radical (unpaired) electrons. The molecule has 116 valence electrons. The van der Waals surface area contributed by atoms with Crippen molar-refractivity contribution in [1.82, 2.24) is 4.90 Å². The van der Waals surface area contributed by atoms with Crippen LogP contribution in [0.15, 0.2) is 18.2 Å². The minimum atomic E-state index is -1.32. The molecule has 1 aromatic rings. The van der Waals surface area contributed by atoms with Gasteiger partial charge in [-0.2, -0.15) is 5.26 Å². The average Bonchev–Trinajstić information content (AvgIpc) is 3.09. The Balaban J connectivity index is 2.28. The van der Waals surface area contributed by atoms with Gasteiger partial charge in [-0.05, 0) is 25.0 Å². The predicted molar refractivity (Wildman–Crippen MR) is 78.8 cm³/mol. The third-order valence-electron chi connectivity index (χ3n) is 3.69. The van der Waals surface area contributed by atoms with Crippen molar-refractivity contribution in [2.75, 3.05) is 27.3 Å². The Morgan fingerprint density at radius 2 is 1.68 bits per heavy atom. The molecule has 0 aliphatic carbocycles. The summed E-state index contributed by atoms with van der Waals surface area (Å²) in [5.74, 6) is -1.40. The standard InChI is InChI=1S/C16H18N2O4/c1-21-12-7-11(8-13(9-12)22-2)15(19)14(10-17)16(20)18-5-3-4-6-18/h7-9,14H,3-6H2,1-2H3. The largest absolute Gasteiger partial charge is 0.497 e. The van der Waals surface area contributed by atoms with Crippen LogP contribution in [0.4, 0.5) is 0 Å². The van der Waals surface area contributed by atoms with E-state index < -0.39 is 17.6 Å².